The molecule has 6 heteroatoms. The zero-order valence-electron chi connectivity index (χ0n) is 10.6. The van der Waals surface area contributed by atoms with E-state index in [2.05, 4.69) is 10.3 Å². The standard InChI is InChI=1S/C13H14N2O3S/c1-8-15-10(7-19-8)6-14-11-5-9(13(16)17)3-4-12(11)18-2/h3-5,7,14H,6H2,1-2H3,(H,16,17). The Labute approximate surface area is 114 Å². The number of nitrogens with one attached hydrogen (secondary N) is 1. The molecule has 0 unspecified atom stereocenters. The summed E-state index contributed by atoms with van der Waals surface area (Å²) in [5.74, 6) is -0.354. The van der Waals surface area contributed by atoms with E-state index in [0.717, 1.165) is 10.7 Å². The molecular formula is C13H14N2O3S. The van der Waals surface area contributed by atoms with Gasteiger partial charge < -0.3 is 15.2 Å². The van der Waals surface area contributed by atoms with Crippen molar-refractivity contribution >= 4 is 23.0 Å². The molecule has 0 bridgehead atoms. The number of methoxy groups -OCH3 is 1. The Morgan fingerprint density at radius 2 is 2.32 bits per heavy atom. The molecule has 1 aromatic carbocycles. The number of rotatable bonds is 5. The number of carboxylic acid groups (broad SMARTS) is 1. The van der Waals surface area contributed by atoms with Crippen molar-refractivity contribution in [3.05, 3.63) is 39.8 Å². The third-order valence-corrected chi connectivity index (χ3v) is 3.40. The number of carboxylic acids is 1. The van der Waals surface area contributed by atoms with Crippen LogP contribution >= 0.6 is 11.3 Å². The van der Waals surface area contributed by atoms with Gasteiger partial charge in [0.25, 0.3) is 0 Å². The van der Waals surface area contributed by atoms with Crippen LogP contribution in [0, 0.1) is 6.92 Å². The first kappa shape index (κ1) is 13.4. The number of hydrogen-bond acceptors (Lipinski definition) is 5. The van der Waals surface area contributed by atoms with E-state index in [1.165, 1.54) is 6.07 Å². The average Bonchev–Trinajstić information content (AvgIpc) is 2.81. The van der Waals surface area contributed by atoms with E-state index in [0.29, 0.717) is 18.0 Å². The summed E-state index contributed by atoms with van der Waals surface area (Å²) in [5, 5.41) is 15.1. The van der Waals surface area contributed by atoms with Crippen molar-refractivity contribution in [1.82, 2.24) is 4.98 Å². The van der Waals surface area contributed by atoms with Gasteiger partial charge in [-0.25, -0.2) is 9.78 Å². The van der Waals surface area contributed by atoms with Gasteiger partial charge in [-0.15, -0.1) is 11.3 Å². The van der Waals surface area contributed by atoms with Gasteiger partial charge in [0.2, 0.25) is 0 Å². The van der Waals surface area contributed by atoms with Crippen molar-refractivity contribution in [2.75, 3.05) is 12.4 Å². The zero-order valence-corrected chi connectivity index (χ0v) is 11.5. The summed E-state index contributed by atoms with van der Waals surface area (Å²) in [6, 6.07) is 4.71. The van der Waals surface area contributed by atoms with Gasteiger partial charge in [0.15, 0.2) is 0 Å². The lowest BCUT2D eigenvalue weighted by atomic mass is 10.2. The highest BCUT2D eigenvalue weighted by molar-refractivity contribution is 7.09. The van der Waals surface area contributed by atoms with E-state index in [1.807, 2.05) is 12.3 Å². The number of anilines is 1. The number of thiazole rings is 1. The number of hydrogen-bond donors (Lipinski definition) is 2. The quantitative estimate of drug-likeness (QED) is 0.880. The van der Waals surface area contributed by atoms with E-state index >= 15 is 0 Å². The van der Waals surface area contributed by atoms with Gasteiger partial charge in [-0.2, -0.15) is 0 Å². The number of aryl methyl sites for hydroxylation is 1. The van der Waals surface area contributed by atoms with Gasteiger partial charge in [0.1, 0.15) is 5.75 Å². The lowest BCUT2D eigenvalue weighted by molar-refractivity contribution is 0.0697. The van der Waals surface area contributed by atoms with E-state index in [4.69, 9.17) is 9.84 Å². The normalized spacial score (nSPS) is 10.2. The van der Waals surface area contributed by atoms with Gasteiger partial charge >= 0.3 is 5.97 Å². The molecule has 2 aromatic rings. The Hall–Kier alpha value is -2.08. The van der Waals surface area contributed by atoms with Crippen molar-refractivity contribution in [3.8, 4) is 5.75 Å². The molecule has 0 atom stereocenters. The van der Waals surface area contributed by atoms with Crippen LogP contribution in [0.4, 0.5) is 5.69 Å². The Bertz CT molecular complexity index is 595. The first-order valence-electron chi connectivity index (χ1n) is 5.66. The Morgan fingerprint density at radius 3 is 2.89 bits per heavy atom. The summed E-state index contributed by atoms with van der Waals surface area (Å²) in [4.78, 5) is 15.3. The second-order valence-corrected chi connectivity index (χ2v) is 4.99. The molecule has 0 saturated carbocycles. The van der Waals surface area contributed by atoms with E-state index < -0.39 is 5.97 Å². The first-order valence-corrected chi connectivity index (χ1v) is 6.54. The predicted molar refractivity (Wildman–Crippen MR) is 74.1 cm³/mol. The van der Waals surface area contributed by atoms with Crippen LogP contribution in [0.1, 0.15) is 21.1 Å². The molecule has 0 amide bonds. The highest BCUT2D eigenvalue weighted by Crippen LogP contribution is 2.26. The number of nitrogens with zero attached hydrogens (tertiary/aromatic N) is 1. The van der Waals surface area contributed by atoms with Crippen LogP contribution < -0.4 is 10.1 Å². The number of benzene rings is 1. The molecule has 5 nitrogen and oxygen atoms in total. The van der Waals surface area contributed by atoms with Crippen molar-refractivity contribution in [1.29, 1.82) is 0 Å². The average molecular weight is 278 g/mol. The summed E-state index contributed by atoms with van der Waals surface area (Å²) in [7, 11) is 1.55. The number of aromatic carboxylic acids is 1. The molecule has 0 spiro atoms. The minimum atomic E-state index is -0.963. The van der Waals surface area contributed by atoms with Crippen LogP contribution in [0.2, 0.25) is 0 Å². The summed E-state index contributed by atoms with van der Waals surface area (Å²) in [6.07, 6.45) is 0. The maximum Gasteiger partial charge on any atom is 0.335 e. The van der Waals surface area contributed by atoms with Gasteiger partial charge in [0.05, 0.1) is 35.6 Å². The zero-order chi connectivity index (χ0) is 13.8. The third-order valence-electron chi connectivity index (χ3n) is 2.57. The molecular weight excluding hydrogens is 264 g/mol. The van der Waals surface area contributed by atoms with Crippen LogP contribution in [0.15, 0.2) is 23.6 Å². The molecule has 19 heavy (non-hydrogen) atoms. The molecule has 0 aliphatic carbocycles. The number of ether oxygens (including phenoxy) is 1. The van der Waals surface area contributed by atoms with E-state index in [1.54, 1.807) is 30.6 Å². The van der Waals surface area contributed by atoms with Gasteiger partial charge in [-0.1, -0.05) is 0 Å². The van der Waals surface area contributed by atoms with Crippen molar-refractivity contribution in [2.24, 2.45) is 0 Å². The molecule has 0 aliphatic rings. The Morgan fingerprint density at radius 1 is 1.53 bits per heavy atom. The molecule has 0 radical (unpaired) electrons. The van der Waals surface area contributed by atoms with Crippen LogP contribution in [0.25, 0.3) is 0 Å². The fourth-order valence-corrected chi connectivity index (χ4v) is 2.27. The highest BCUT2D eigenvalue weighted by Gasteiger charge is 2.09. The first-order chi connectivity index (χ1) is 9.10. The molecule has 0 saturated heterocycles. The lowest BCUT2D eigenvalue weighted by Crippen LogP contribution is -2.04. The summed E-state index contributed by atoms with van der Waals surface area (Å²) in [6.45, 7) is 2.48. The van der Waals surface area contributed by atoms with Gasteiger partial charge in [-0.05, 0) is 25.1 Å². The van der Waals surface area contributed by atoms with Gasteiger partial charge in [0, 0.05) is 5.38 Å². The maximum atomic E-state index is 11.0. The fraction of sp³-hybridized carbons (Fsp3) is 0.231. The predicted octanol–water partition coefficient (Wildman–Crippen LogP) is 2.77. The number of carbonyl (C=O) groups is 1. The molecule has 100 valence electrons. The van der Waals surface area contributed by atoms with Crippen LogP contribution in [0.3, 0.4) is 0 Å². The molecule has 0 aliphatic heterocycles. The third kappa shape index (κ3) is 3.23. The Balaban J connectivity index is 2.17. The molecule has 0 fully saturated rings. The smallest absolute Gasteiger partial charge is 0.335 e. The highest BCUT2D eigenvalue weighted by atomic mass is 32.1. The number of aromatic nitrogens is 1. The second kappa shape index (κ2) is 5.71. The van der Waals surface area contributed by atoms with Crippen molar-refractivity contribution < 1.29 is 14.6 Å². The monoisotopic (exact) mass is 278 g/mol. The topological polar surface area (TPSA) is 71.5 Å². The fourth-order valence-electron chi connectivity index (χ4n) is 1.65. The van der Waals surface area contributed by atoms with Gasteiger partial charge in [-0.3, -0.25) is 0 Å². The molecule has 2 rings (SSSR count). The molecule has 2 N–H and O–H groups in total. The van der Waals surface area contributed by atoms with Crippen LogP contribution in [-0.2, 0) is 6.54 Å². The maximum absolute atomic E-state index is 11.0. The SMILES string of the molecule is COc1ccc(C(=O)O)cc1NCc1csc(C)n1. The minimum Gasteiger partial charge on any atom is -0.495 e. The minimum absolute atomic E-state index is 0.220. The molecule has 1 aromatic heterocycles. The Kier molecular flexibility index (Phi) is 4.01. The summed E-state index contributed by atoms with van der Waals surface area (Å²) < 4.78 is 5.20. The second-order valence-electron chi connectivity index (χ2n) is 3.93. The van der Waals surface area contributed by atoms with Crippen LogP contribution in [0.5, 0.6) is 5.75 Å². The van der Waals surface area contributed by atoms with Crippen molar-refractivity contribution in [2.45, 2.75) is 13.5 Å². The molecule has 1 heterocycles. The van der Waals surface area contributed by atoms with Crippen molar-refractivity contribution in [3.63, 3.8) is 0 Å². The lowest BCUT2D eigenvalue weighted by Gasteiger charge is -2.11. The van der Waals surface area contributed by atoms with E-state index in [9.17, 15) is 4.79 Å². The largest absolute Gasteiger partial charge is 0.495 e. The van der Waals surface area contributed by atoms with E-state index in [-0.39, 0.29) is 5.56 Å². The summed E-state index contributed by atoms with van der Waals surface area (Å²) in [5.41, 5.74) is 1.79. The summed E-state index contributed by atoms with van der Waals surface area (Å²) >= 11 is 1.58. The van der Waals surface area contributed by atoms with Crippen LogP contribution in [-0.4, -0.2) is 23.2 Å².